The predicted molar refractivity (Wildman–Crippen MR) is 248 cm³/mol. The van der Waals surface area contributed by atoms with E-state index in [1.165, 1.54) is 127 Å². The zero-order valence-corrected chi connectivity index (χ0v) is 31.8. The fourth-order valence-corrected chi connectivity index (χ4v) is 12.1. The van der Waals surface area contributed by atoms with E-state index in [9.17, 15) is 0 Å². The third-order valence-electron chi connectivity index (χ3n) is 12.2. The van der Waals surface area contributed by atoms with Crippen LogP contribution in [0.2, 0.25) is 0 Å². The maximum Gasteiger partial charge on any atom is 0.0434 e. The monoisotopic (exact) mass is 742 g/mol. The molecule has 0 spiro atoms. The summed E-state index contributed by atoms with van der Waals surface area (Å²) >= 11 is 3.82. The Kier molecular flexibility index (Phi) is 6.29. The van der Waals surface area contributed by atoms with Gasteiger partial charge in [0.2, 0.25) is 0 Å². The Hall–Kier alpha value is -6.58. The summed E-state index contributed by atoms with van der Waals surface area (Å²) in [6.45, 7) is 0. The van der Waals surface area contributed by atoms with Crippen LogP contribution in [0.1, 0.15) is 0 Å². The van der Waals surface area contributed by atoms with Gasteiger partial charge in [0.15, 0.2) is 0 Å². The summed E-state index contributed by atoms with van der Waals surface area (Å²) in [5, 5.41) is 20.9. The third-order valence-corrected chi connectivity index (χ3v) is 14.5. The molecule has 0 unspecified atom stereocenters. The highest BCUT2D eigenvalue weighted by Crippen LogP contribution is 2.49. The van der Waals surface area contributed by atoms with Gasteiger partial charge in [0, 0.05) is 45.9 Å². The summed E-state index contributed by atoms with van der Waals surface area (Å²) in [5.41, 5.74) is 5.18. The molecule has 13 rings (SSSR count). The number of benzene rings is 11. The van der Waals surface area contributed by atoms with E-state index in [0.29, 0.717) is 0 Å². The number of thiophene rings is 2. The highest BCUT2D eigenvalue weighted by atomic mass is 32.1. The molecule has 2 heterocycles. The first kappa shape index (κ1) is 30.7. The smallest absolute Gasteiger partial charge is 0.0434 e. The van der Waals surface area contributed by atoms with Crippen molar-refractivity contribution < 1.29 is 0 Å². The van der Waals surface area contributed by atoms with Crippen LogP contribution in [-0.2, 0) is 0 Å². The molecular formula is C54H30S2. The third kappa shape index (κ3) is 4.23. The van der Waals surface area contributed by atoms with Crippen LogP contribution < -0.4 is 0 Å². The van der Waals surface area contributed by atoms with Crippen LogP contribution in [0.3, 0.4) is 0 Å². The average molecular weight is 743 g/mol. The normalized spacial score (nSPS) is 12.3. The molecule has 56 heavy (non-hydrogen) atoms. The molecule has 0 atom stereocenters. The van der Waals surface area contributed by atoms with Gasteiger partial charge in [-0.1, -0.05) is 140 Å². The average Bonchev–Trinajstić information content (AvgIpc) is 3.82. The van der Waals surface area contributed by atoms with Gasteiger partial charge in [0.25, 0.3) is 0 Å². The van der Waals surface area contributed by atoms with E-state index in [1.54, 1.807) is 0 Å². The summed E-state index contributed by atoms with van der Waals surface area (Å²) in [6.07, 6.45) is 0. The van der Waals surface area contributed by atoms with E-state index >= 15 is 0 Å². The van der Waals surface area contributed by atoms with Crippen molar-refractivity contribution in [3.05, 3.63) is 182 Å². The van der Waals surface area contributed by atoms with E-state index in [2.05, 4.69) is 182 Å². The number of hydrogen-bond acceptors (Lipinski definition) is 2. The van der Waals surface area contributed by atoms with Gasteiger partial charge in [0.1, 0.15) is 0 Å². The molecule has 0 saturated carbocycles. The Morgan fingerprint density at radius 2 is 0.750 bits per heavy atom. The van der Waals surface area contributed by atoms with Crippen molar-refractivity contribution in [1.29, 1.82) is 0 Å². The van der Waals surface area contributed by atoms with Crippen molar-refractivity contribution in [1.82, 2.24) is 0 Å². The Morgan fingerprint density at radius 3 is 1.45 bits per heavy atom. The highest BCUT2D eigenvalue weighted by molar-refractivity contribution is 7.26. The standard InChI is InChI=1S/C54H30S2/c1-2-13-32-27-44-43(26-31(32)12-1)34-14-3-4-15-35(34)46-30-51-48(29-45(44)46)47-28-33(24-25-50(47)55-51)52-37-17-5-7-19-39(37)53(40-20-8-6-18-38(40)52)42-22-11-21-41-36-16-9-10-23-49(36)56-54(41)42/h1-30H. The van der Waals surface area contributed by atoms with Gasteiger partial charge in [-0.05, 0) is 124 Å². The lowest BCUT2D eigenvalue weighted by Gasteiger charge is -2.18. The van der Waals surface area contributed by atoms with Crippen molar-refractivity contribution in [2.75, 3.05) is 0 Å². The SMILES string of the molecule is c1ccc2cc3c(cc2c1)c1ccccc1c1cc2sc4ccc(-c5c6ccccc6c(-c6cccc7c6sc6ccccc67)c6ccccc56)cc4c2cc31. The largest absolute Gasteiger partial charge is 0.135 e. The Morgan fingerprint density at radius 1 is 0.250 bits per heavy atom. The van der Waals surface area contributed by atoms with E-state index in [1.807, 2.05) is 22.7 Å². The minimum absolute atomic E-state index is 1.26. The van der Waals surface area contributed by atoms with Crippen molar-refractivity contribution in [3.63, 3.8) is 0 Å². The van der Waals surface area contributed by atoms with E-state index in [-0.39, 0.29) is 0 Å². The van der Waals surface area contributed by atoms with Crippen LogP contribution in [0.5, 0.6) is 0 Å². The Labute approximate surface area is 330 Å². The lowest BCUT2D eigenvalue weighted by atomic mass is 9.85. The summed E-state index contributed by atoms with van der Waals surface area (Å²) in [5.74, 6) is 0. The van der Waals surface area contributed by atoms with Gasteiger partial charge in [-0.3, -0.25) is 0 Å². The fraction of sp³-hybridized carbons (Fsp3) is 0. The van der Waals surface area contributed by atoms with Crippen LogP contribution >= 0.6 is 22.7 Å². The molecule has 0 radical (unpaired) electrons. The molecule has 0 aliphatic carbocycles. The molecule has 0 bridgehead atoms. The van der Waals surface area contributed by atoms with Gasteiger partial charge in [-0.2, -0.15) is 0 Å². The van der Waals surface area contributed by atoms with Crippen LogP contribution in [0, 0.1) is 0 Å². The van der Waals surface area contributed by atoms with Crippen LogP contribution in [0.4, 0.5) is 0 Å². The minimum atomic E-state index is 1.26. The molecule has 0 aliphatic rings. The first-order valence-corrected chi connectivity index (χ1v) is 20.9. The molecule has 13 aromatic rings. The molecule has 2 heteroatoms. The topological polar surface area (TPSA) is 0 Å². The number of hydrogen-bond donors (Lipinski definition) is 0. The van der Waals surface area contributed by atoms with Crippen LogP contribution in [0.15, 0.2) is 182 Å². The maximum atomic E-state index is 2.49. The van der Waals surface area contributed by atoms with E-state index in [4.69, 9.17) is 0 Å². The first-order valence-electron chi connectivity index (χ1n) is 19.2. The molecule has 0 fully saturated rings. The van der Waals surface area contributed by atoms with Crippen LogP contribution in [0.25, 0.3) is 127 Å². The molecule has 2 aromatic heterocycles. The fourth-order valence-electron chi connectivity index (χ4n) is 9.74. The second kappa shape index (κ2) is 11.5. The highest BCUT2D eigenvalue weighted by Gasteiger charge is 2.20. The first-order chi connectivity index (χ1) is 27.8. The van der Waals surface area contributed by atoms with Crippen molar-refractivity contribution in [2.45, 2.75) is 0 Å². The number of fused-ring (bicyclic) bond motifs is 15. The van der Waals surface area contributed by atoms with E-state index < -0.39 is 0 Å². The Balaban J connectivity index is 1.10. The summed E-state index contributed by atoms with van der Waals surface area (Å²) in [6, 6.07) is 68.4. The maximum absolute atomic E-state index is 2.49. The van der Waals surface area contributed by atoms with E-state index in [0.717, 1.165) is 0 Å². The zero-order chi connectivity index (χ0) is 36.5. The molecule has 11 aromatic carbocycles. The molecule has 0 nitrogen and oxygen atoms in total. The predicted octanol–water partition coefficient (Wildman–Crippen LogP) is 16.7. The zero-order valence-electron chi connectivity index (χ0n) is 30.1. The lowest BCUT2D eigenvalue weighted by molar-refractivity contribution is 1.71. The van der Waals surface area contributed by atoms with Crippen molar-refractivity contribution in [3.8, 4) is 22.3 Å². The summed E-state index contributed by atoms with van der Waals surface area (Å²) in [4.78, 5) is 0. The second-order valence-electron chi connectivity index (χ2n) is 15.1. The second-order valence-corrected chi connectivity index (χ2v) is 17.3. The Bertz CT molecular complexity index is 3770. The van der Waals surface area contributed by atoms with Gasteiger partial charge in [-0.15, -0.1) is 22.7 Å². The van der Waals surface area contributed by atoms with Gasteiger partial charge in [-0.25, -0.2) is 0 Å². The molecule has 0 amide bonds. The van der Waals surface area contributed by atoms with Crippen molar-refractivity contribution in [2.24, 2.45) is 0 Å². The molecule has 0 aliphatic heterocycles. The van der Waals surface area contributed by atoms with Gasteiger partial charge < -0.3 is 0 Å². The molecule has 258 valence electrons. The molecule has 0 saturated heterocycles. The number of rotatable bonds is 2. The van der Waals surface area contributed by atoms with Crippen LogP contribution in [-0.4, -0.2) is 0 Å². The van der Waals surface area contributed by atoms with Crippen molar-refractivity contribution >= 4 is 128 Å². The van der Waals surface area contributed by atoms with Gasteiger partial charge >= 0.3 is 0 Å². The quantitative estimate of drug-likeness (QED) is 0.122. The minimum Gasteiger partial charge on any atom is -0.135 e. The lowest BCUT2D eigenvalue weighted by Crippen LogP contribution is -1.91. The summed E-state index contributed by atoms with van der Waals surface area (Å²) < 4.78 is 5.33. The molecule has 0 N–H and O–H groups in total. The molecular weight excluding hydrogens is 713 g/mol. The van der Waals surface area contributed by atoms with Gasteiger partial charge in [0.05, 0.1) is 0 Å². The summed E-state index contributed by atoms with van der Waals surface area (Å²) in [7, 11) is 0.